The van der Waals surface area contributed by atoms with Gasteiger partial charge in [0.25, 0.3) is 5.91 Å². The van der Waals surface area contributed by atoms with Crippen molar-refractivity contribution in [2.45, 2.75) is 38.3 Å². The molecule has 1 saturated carbocycles. The van der Waals surface area contributed by atoms with Crippen LogP contribution in [0.1, 0.15) is 37.8 Å². The van der Waals surface area contributed by atoms with Gasteiger partial charge in [0.2, 0.25) is 0 Å². The van der Waals surface area contributed by atoms with Gasteiger partial charge < -0.3 is 19.1 Å². The fraction of sp³-hybridized carbons (Fsp3) is 0.600. The first kappa shape index (κ1) is 21.5. The summed E-state index contributed by atoms with van der Waals surface area (Å²) in [6, 6.07) is 7.21. The summed E-state index contributed by atoms with van der Waals surface area (Å²) in [6.45, 7) is 6.58. The first-order chi connectivity index (χ1) is 15.6. The number of para-hydroxylation sites is 1. The zero-order valence-corrected chi connectivity index (χ0v) is 18.9. The SMILES string of the molecule is COc1ccccc1C1C2=C(OC3CCC(C)CC3C2=O)C(=O)N1CCN1CCOCC1. The minimum absolute atomic E-state index is 0.0842. The van der Waals surface area contributed by atoms with E-state index in [2.05, 4.69) is 11.8 Å². The molecule has 0 N–H and O–H groups in total. The Morgan fingerprint density at radius 2 is 1.88 bits per heavy atom. The van der Waals surface area contributed by atoms with Gasteiger partial charge in [0.05, 0.1) is 37.9 Å². The number of hydrogen-bond donors (Lipinski definition) is 0. The van der Waals surface area contributed by atoms with Gasteiger partial charge in [-0.05, 0) is 31.2 Å². The van der Waals surface area contributed by atoms with Gasteiger partial charge in [0.1, 0.15) is 11.9 Å². The van der Waals surface area contributed by atoms with E-state index in [9.17, 15) is 9.59 Å². The Labute approximate surface area is 189 Å². The van der Waals surface area contributed by atoms with Gasteiger partial charge in [-0.2, -0.15) is 0 Å². The highest BCUT2D eigenvalue weighted by Gasteiger charge is 2.52. The number of ketones is 1. The Bertz CT molecular complexity index is 923. The summed E-state index contributed by atoms with van der Waals surface area (Å²) in [4.78, 5) is 31.5. The average molecular weight is 441 g/mol. The molecular weight excluding hydrogens is 408 g/mol. The number of morpholine rings is 1. The largest absolute Gasteiger partial charge is 0.496 e. The van der Waals surface area contributed by atoms with Crippen LogP contribution < -0.4 is 4.74 Å². The van der Waals surface area contributed by atoms with E-state index < -0.39 is 6.04 Å². The van der Waals surface area contributed by atoms with Gasteiger partial charge in [-0.25, -0.2) is 0 Å². The minimum Gasteiger partial charge on any atom is -0.496 e. The molecule has 7 nitrogen and oxygen atoms in total. The smallest absolute Gasteiger partial charge is 0.290 e. The van der Waals surface area contributed by atoms with E-state index in [-0.39, 0.29) is 29.5 Å². The number of methoxy groups -OCH3 is 1. The molecule has 1 aromatic rings. The van der Waals surface area contributed by atoms with Crippen LogP contribution in [-0.2, 0) is 19.1 Å². The Balaban J connectivity index is 1.50. The Hall–Kier alpha value is -2.38. The van der Waals surface area contributed by atoms with Crippen molar-refractivity contribution in [3.8, 4) is 5.75 Å². The Morgan fingerprint density at radius 1 is 1.09 bits per heavy atom. The quantitative estimate of drug-likeness (QED) is 0.701. The van der Waals surface area contributed by atoms with Crippen LogP contribution in [0.4, 0.5) is 0 Å². The summed E-state index contributed by atoms with van der Waals surface area (Å²) in [5.74, 6) is 1.19. The summed E-state index contributed by atoms with van der Waals surface area (Å²) in [7, 11) is 1.63. The molecular formula is C25H32N2O5. The molecule has 0 spiro atoms. The first-order valence-corrected chi connectivity index (χ1v) is 11.8. The molecule has 0 radical (unpaired) electrons. The van der Waals surface area contributed by atoms with E-state index in [1.54, 1.807) is 7.11 Å². The van der Waals surface area contributed by atoms with Crippen LogP contribution in [0.15, 0.2) is 35.6 Å². The van der Waals surface area contributed by atoms with E-state index in [4.69, 9.17) is 14.2 Å². The zero-order valence-electron chi connectivity index (χ0n) is 18.9. The van der Waals surface area contributed by atoms with Crippen molar-refractivity contribution >= 4 is 11.7 Å². The van der Waals surface area contributed by atoms with Crippen LogP contribution in [0, 0.1) is 11.8 Å². The highest BCUT2D eigenvalue weighted by molar-refractivity contribution is 6.11. The fourth-order valence-corrected chi connectivity index (χ4v) is 5.64. The number of hydrogen-bond acceptors (Lipinski definition) is 6. The maximum Gasteiger partial charge on any atom is 0.290 e. The molecule has 1 saturated heterocycles. The van der Waals surface area contributed by atoms with Crippen molar-refractivity contribution in [2.24, 2.45) is 11.8 Å². The number of fused-ring (bicyclic) bond motifs is 1. The number of ether oxygens (including phenoxy) is 3. The van der Waals surface area contributed by atoms with Crippen molar-refractivity contribution in [1.29, 1.82) is 0 Å². The number of benzene rings is 1. The number of Topliss-reactive ketones (excluding diaryl/α,β-unsaturated/α-hetero) is 1. The maximum atomic E-state index is 13.8. The number of carbonyl (C=O) groups excluding carboxylic acids is 2. The van der Waals surface area contributed by atoms with Crippen LogP contribution >= 0.6 is 0 Å². The lowest BCUT2D eigenvalue weighted by atomic mass is 9.74. The molecule has 4 aliphatic rings. The third-order valence-electron chi connectivity index (χ3n) is 7.40. The second-order valence-electron chi connectivity index (χ2n) is 9.39. The van der Waals surface area contributed by atoms with Gasteiger partial charge in [-0.15, -0.1) is 0 Å². The lowest BCUT2D eigenvalue weighted by molar-refractivity contribution is -0.136. The molecule has 4 atom stereocenters. The average Bonchev–Trinajstić information content (AvgIpc) is 3.10. The first-order valence-electron chi connectivity index (χ1n) is 11.8. The standard InChI is InChI=1S/C25H32N2O5/c1-16-7-8-20-18(15-16)23(28)21-22(17-5-3-4-6-19(17)30-2)27(25(29)24(21)32-20)10-9-26-11-13-31-14-12-26/h3-6,16,18,20,22H,7-15H2,1-2H3. The third kappa shape index (κ3) is 3.71. The fourth-order valence-electron chi connectivity index (χ4n) is 5.64. The molecule has 0 bridgehead atoms. The van der Waals surface area contributed by atoms with Gasteiger partial charge in [0, 0.05) is 31.7 Å². The van der Waals surface area contributed by atoms with E-state index in [0.717, 1.165) is 44.5 Å². The van der Waals surface area contributed by atoms with Crippen LogP contribution in [0.5, 0.6) is 5.75 Å². The molecule has 2 fully saturated rings. The highest BCUT2D eigenvalue weighted by Crippen LogP contribution is 2.48. The summed E-state index contributed by atoms with van der Waals surface area (Å²) in [5, 5.41) is 0. The van der Waals surface area contributed by atoms with E-state index in [0.29, 0.717) is 37.0 Å². The Morgan fingerprint density at radius 3 is 2.66 bits per heavy atom. The van der Waals surface area contributed by atoms with Crippen LogP contribution in [-0.4, -0.2) is 74.1 Å². The summed E-state index contributed by atoms with van der Waals surface area (Å²) < 4.78 is 17.4. The molecule has 3 heterocycles. The molecule has 3 aliphatic heterocycles. The molecule has 4 unspecified atom stereocenters. The van der Waals surface area contributed by atoms with Crippen molar-refractivity contribution in [3.05, 3.63) is 41.2 Å². The summed E-state index contributed by atoms with van der Waals surface area (Å²) >= 11 is 0. The molecule has 5 rings (SSSR count). The second-order valence-corrected chi connectivity index (χ2v) is 9.39. The van der Waals surface area contributed by atoms with Crippen molar-refractivity contribution in [3.63, 3.8) is 0 Å². The van der Waals surface area contributed by atoms with Crippen LogP contribution in [0.2, 0.25) is 0 Å². The third-order valence-corrected chi connectivity index (χ3v) is 7.40. The van der Waals surface area contributed by atoms with Gasteiger partial charge in [-0.1, -0.05) is 25.1 Å². The summed E-state index contributed by atoms with van der Waals surface area (Å²) in [6.07, 6.45) is 2.50. The number of rotatable bonds is 5. The highest BCUT2D eigenvalue weighted by atomic mass is 16.5. The van der Waals surface area contributed by atoms with Crippen molar-refractivity contribution < 1.29 is 23.8 Å². The van der Waals surface area contributed by atoms with E-state index in [1.807, 2.05) is 29.2 Å². The number of nitrogens with zero attached hydrogens (tertiary/aromatic N) is 2. The lowest BCUT2D eigenvalue weighted by Crippen LogP contribution is -2.43. The van der Waals surface area contributed by atoms with Crippen LogP contribution in [0.3, 0.4) is 0 Å². The predicted octanol–water partition coefficient (Wildman–Crippen LogP) is 2.57. The van der Waals surface area contributed by atoms with Gasteiger partial charge in [0.15, 0.2) is 11.5 Å². The van der Waals surface area contributed by atoms with E-state index in [1.165, 1.54) is 0 Å². The van der Waals surface area contributed by atoms with Gasteiger partial charge in [-0.3, -0.25) is 14.5 Å². The molecule has 32 heavy (non-hydrogen) atoms. The van der Waals surface area contributed by atoms with Crippen molar-refractivity contribution in [1.82, 2.24) is 9.80 Å². The molecule has 1 aliphatic carbocycles. The number of amides is 1. The monoisotopic (exact) mass is 440 g/mol. The predicted molar refractivity (Wildman–Crippen MR) is 118 cm³/mol. The second kappa shape index (κ2) is 8.87. The minimum atomic E-state index is -0.472. The molecule has 172 valence electrons. The van der Waals surface area contributed by atoms with Crippen LogP contribution in [0.25, 0.3) is 0 Å². The van der Waals surface area contributed by atoms with Gasteiger partial charge >= 0.3 is 0 Å². The maximum absolute atomic E-state index is 13.8. The molecule has 7 heteroatoms. The molecule has 1 amide bonds. The molecule has 0 aromatic heterocycles. The zero-order chi connectivity index (χ0) is 22.2. The normalized spacial score (nSPS) is 30.8. The van der Waals surface area contributed by atoms with Crippen molar-refractivity contribution in [2.75, 3.05) is 46.5 Å². The van der Waals surface area contributed by atoms with E-state index >= 15 is 0 Å². The lowest BCUT2D eigenvalue weighted by Gasteiger charge is -2.37. The Kier molecular flexibility index (Phi) is 5.95. The number of carbonyl (C=O) groups is 2. The summed E-state index contributed by atoms with van der Waals surface area (Å²) in [5.41, 5.74) is 1.37. The molecule has 1 aromatic carbocycles. The topological polar surface area (TPSA) is 68.3 Å².